The van der Waals surface area contributed by atoms with Gasteiger partial charge in [-0.1, -0.05) is 60.6 Å². The highest BCUT2D eigenvalue weighted by Crippen LogP contribution is 2.76. The molecule has 1 heterocycles. The first-order valence-corrected chi connectivity index (χ1v) is 25.5. The van der Waals surface area contributed by atoms with Crippen LogP contribution < -0.4 is 10.6 Å². The van der Waals surface area contributed by atoms with E-state index in [0.717, 1.165) is 51.4 Å². The SMILES string of the molecule is C=C(C)[C@@H]1CC[C@]2(NC[C@H](CNC(=O)OCCOC)N3CCS(=O)(=O)CC3)CC[C@]3(C)[C@H](CC[C@@H]4[C@@]5(C)CC[C@H](OC(=O)[C@H]6C[C@@H](C(=O)O)C6(C)C)C(C)(C)[C@@H]5CC[C@]43C)[C@@H]12. The molecule has 12 nitrogen and oxygen atoms in total. The molecule has 1 saturated heterocycles. The average molecular weight is 874 g/mol. The highest BCUT2D eigenvalue weighted by Gasteiger charge is 2.71. The molecule has 7 aliphatic rings. The minimum Gasteiger partial charge on any atom is -0.481 e. The molecule has 0 bridgehead atoms. The Labute approximate surface area is 366 Å². The molecule has 346 valence electrons. The zero-order valence-electron chi connectivity index (χ0n) is 38.9. The van der Waals surface area contributed by atoms with Crippen molar-refractivity contribution in [2.75, 3.05) is 58.0 Å². The topological polar surface area (TPSA) is 161 Å². The number of carbonyl (C=O) groups excluding carboxylic acids is 2. The Morgan fingerprint density at radius 3 is 2.16 bits per heavy atom. The molecule has 0 spiro atoms. The van der Waals surface area contributed by atoms with Crippen LogP contribution in [0, 0.1) is 68.5 Å². The minimum atomic E-state index is -3.07. The van der Waals surface area contributed by atoms with E-state index in [1.807, 2.05) is 13.8 Å². The Kier molecular flexibility index (Phi) is 12.8. The Morgan fingerprint density at radius 2 is 1.52 bits per heavy atom. The summed E-state index contributed by atoms with van der Waals surface area (Å²) >= 11 is 0. The summed E-state index contributed by atoms with van der Waals surface area (Å²) in [4.78, 5) is 40.4. The third-order valence-corrected chi connectivity index (χ3v) is 21.3. The molecule has 0 aromatic carbocycles. The van der Waals surface area contributed by atoms with Gasteiger partial charge in [0, 0.05) is 50.3 Å². The van der Waals surface area contributed by atoms with E-state index in [1.54, 1.807) is 7.11 Å². The molecule has 0 unspecified atom stereocenters. The van der Waals surface area contributed by atoms with Gasteiger partial charge in [-0.2, -0.15) is 0 Å². The molecular formula is C48H79N3O9S. The van der Waals surface area contributed by atoms with E-state index >= 15 is 0 Å². The van der Waals surface area contributed by atoms with E-state index in [4.69, 9.17) is 14.2 Å². The maximum atomic E-state index is 13.7. The molecule has 7 rings (SSSR count). The first kappa shape index (κ1) is 46.8. The van der Waals surface area contributed by atoms with Crippen molar-refractivity contribution in [3.05, 3.63) is 12.2 Å². The Bertz CT molecular complexity index is 1810. The minimum absolute atomic E-state index is 0.0689. The number of fused-ring (bicyclic) bond motifs is 7. The van der Waals surface area contributed by atoms with E-state index in [9.17, 15) is 27.9 Å². The second-order valence-corrected chi connectivity index (χ2v) is 25.2. The van der Waals surface area contributed by atoms with Crippen LogP contribution in [-0.2, 0) is 33.6 Å². The summed E-state index contributed by atoms with van der Waals surface area (Å²) < 4.78 is 41.7. The largest absolute Gasteiger partial charge is 0.481 e. The lowest BCUT2D eigenvalue weighted by Gasteiger charge is -2.73. The number of sulfone groups is 1. The number of ether oxygens (including phenoxy) is 3. The lowest BCUT2D eigenvalue weighted by atomic mass is 9.32. The third-order valence-electron chi connectivity index (χ3n) is 19.7. The van der Waals surface area contributed by atoms with Gasteiger partial charge >= 0.3 is 18.0 Å². The summed E-state index contributed by atoms with van der Waals surface area (Å²) in [5.41, 5.74) is 0.791. The Balaban J connectivity index is 1.09. The maximum Gasteiger partial charge on any atom is 0.407 e. The highest BCUT2D eigenvalue weighted by atomic mass is 32.2. The number of nitrogens with one attached hydrogen (secondary N) is 2. The summed E-state index contributed by atoms with van der Waals surface area (Å²) in [5.74, 6) is 0.674. The van der Waals surface area contributed by atoms with Crippen LogP contribution in [0.25, 0.3) is 0 Å². The van der Waals surface area contributed by atoms with Gasteiger partial charge in [-0.3, -0.25) is 14.5 Å². The number of carboxylic acids is 1. The lowest BCUT2D eigenvalue weighted by molar-refractivity contribution is -0.248. The van der Waals surface area contributed by atoms with Gasteiger partial charge < -0.3 is 30.0 Å². The van der Waals surface area contributed by atoms with E-state index in [-0.39, 0.29) is 69.3 Å². The lowest BCUT2D eigenvalue weighted by Crippen LogP contribution is -2.69. The first-order valence-electron chi connectivity index (χ1n) is 23.7. The average Bonchev–Trinajstić information content (AvgIpc) is 3.56. The monoisotopic (exact) mass is 874 g/mol. The molecule has 0 radical (unpaired) electrons. The van der Waals surface area contributed by atoms with Crippen molar-refractivity contribution in [2.24, 2.45) is 68.5 Å². The van der Waals surface area contributed by atoms with Crippen LogP contribution in [0.3, 0.4) is 0 Å². The molecule has 6 saturated carbocycles. The number of allylic oxidation sites excluding steroid dienone is 1. The standard InChI is InChI=1S/C48H79N3O9S/c1-30(2)32-13-18-48(50-29-31(28-49-42(55)59-24-23-58-10)51-21-25-61(56,57)26-22-51)20-19-46(8)33(39(32)48)11-12-37-45(7)16-15-38(44(5,6)36(45)14-17-47(37,46)9)60-41(54)35-27-34(40(52)53)43(35,3)4/h31-39,50H,1,11-29H2,2-10H3,(H,49,55)(H,52,53)/t31-,32-,33+,34-,35+,36-,37+,38-,39+,45-,46+,47+,48-/m0/s1. The van der Waals surface area contributed by atoms with Crippen LogP contribution in [0.5, 0.6) is 0 Å². The molecule has 61 heavy (non-hydrogen) atoms. The molecule has 13 heteroatoms. The summed E-state index contributed by atoms with van der Waals surface area (Å²) in [7, 11) is -1.50. The number of alkyl carbamates (subject to hydrolysis) is 1. The van der Waals surface area contributed by atoms with Gasteiger partial charge in [0.15, 0.2) is 9.84 Å². The van der Waals surface area contributed by atoms with Crippen LogP contribution in [0.4, 0.5) is 4.79 Å². The quantitative estimate of drug-likeness (QED) is 0.0983. The number of carboxylic acid groups (broad SMARTS) is 1. The zero-order chi connectivity index (χ0) is 44.6. The smallest absolute Gasteiger partial charge is 0.407 e. The Hall–Kier alpha value is -2.22. The van der Waals surface area contributed by atoms with E-state index in [2.05, 4.69) is 63.7 Å². The second-order valence-electron chi connectivity index (χ2n) is 22.9. The normalized spacial score (nSPS) is 42.6. The van der Waals surface area contributed by atoms with Crippen molar-refractivity contribution in [2.45, 2.75) is 144 Å². The summed E-state index contributed by atoms with van der Waals surface area (Å²) in [5, 5.41) is 16.9. The summed E-state index contributed by atoms with van der Waals surface area (Å²) in [6.45, 7) is 25.6. The number of carbonyl (C=O) groups is 3. The molecule has 7 fully saturated rings. The molecule has 1 amide bonds. The zero-order valence-corrected chi connectivity index (χ0v) is 39.7. The fourth-order valence-corrected chi connectivity index (χ4v) is 17.0. The van der Waals surface area contributed by atoms with Crippen LogP contribution in [0.1, 0.15) is 126 Å². The van der Waals surface area contributed by atoms with Gasteiger partial charge in [-0.25, -0.2) is 13.2 Å². The fourth-order valence-electron chi connectivity index (χ4n) is 15.8. The van der Waals surface area contributed by atoms with Gasteiger partial charge in [0.2, 0.25) is 0 Å². The first-order chi connectivity index (χ1) is 28.5. The molecule has 1 aliphatic heterocycles. The van der Waals surface area contributed by atoms with Gasteiger partial charge in [-0.05, 0) is 129 Å². The highest BCUT2D eigenvalue weighted by molar-refractivity contribution is 7.91. The molecule has 3 N–H and O–H groups in total. The molecule has 13 atom stereocenters. The maximum absolute atomic E-state index is 13.7. The van der Waals surface area contributed by atoms with E-state index in [1.165, 1.54) is 18.4 Å². The number of methoxy groups -OCH3 is 1. The fraction of sp³-hybridized carbons (Fsp3) is 0.896. The van der Waals surface area contributed by atoms with Gasteiger partial charge in [-0.15, -0.1) is 0 Å². The van der Waals surface area contributed by atoms with Crippen molar-refractivity contribution in [3.63, 3.8) is 0 Å². The van der Waals surface area contributed by atoms with E-state index in [0.29, 0.717) is 68.8 Å². The number of rotatable bonds is 13. The third kappa shape index (κ3) is 7.91. The van der Waals surface area contributed by atoms with Crippen molar-refractivity contribution >= 4 is 27.9 Å². The van der Waals surface area contributed by atoms with Crippen LogP contribution in [0.2, 0.25) is 0 Å². The van der Waals surface area contributed by atoms with Crippen molar-refractivity contribution in [3.8, 4) is 0 Å². The van der Waals surface area contributed by atoms with Crippen LogP contribution >= 0.6 is 0 Å². The number of nitrogens with zero attached hydrogens (tertiary/aromatic N) is 1. The molecule has 6 aliphatic carbocycles. The summed E-state index contributed by atoms with van der Waals surface area (Å²) in [6.07, 6.45) is 10.6. The molecular weight excluding hydrogens is 795 g/mol. The number of hydrogen-bond acceptors (Lipinski definition) is 10. The second kappa shape index (κ2) is 16.6. The van der Waals surface area contributed by atoms with E-state index < -0.39 is 33.2 Å². The number of hydrogen-bond donors (Lipinski definition) is 3. The predicted octanol–water partition coefficient (Wildman–Crippen LogP) is 7.12. The molecule has 0 aromatic rings. The molecule has 0 aromatic heterocycles. The summed E-state index contributed by atoms with van der Waals surface area (Å²) in [6, 6.07) is -0.0826. The number of esters is 1. The van der Waals surface area contributed by atoms with Crippen LogP contribution in [0.15, 0.2) is 12.2 Å². The van der Waals surface area contributed by atoms with Gasteiger partial charge in [0.1, 0.15) is 12.7 Å². The van der Waals surface area contributed by atoms with Crippen molar-refractivity contribution < 1.29 is 42.1 Å². The van der Waals surface area contributed by atoms with Gasteiger partial charge in [0.25, 0.3) is 0 Å². The van der Waals surface area contributed by atoms with Crippen molar-refractivity contribution in [1.29, 1.82) is 0 Å². The van der Waals surface area contributed by atoms with Crippen LogP contribution in [-0.4, -0.2) is 112 Å². The van der Waals surface area contributed by atoms with Gasteiger partial charge in [0.05, 0.1) is 29.9 Å². The number of amides is 1. The predicted molar refractivity (Wildman–Crippen MR) is 235 cm³/mol. The Morgan fingerprint density at radius 1 is 0.820 bits per heavy atom. The number of aliphatic carboxylic acids is 1. The van der Waals surface area contributed by atoms with Crippen molar-refractivity contribution in [1.82, 2.24) is 15.5 Å².